The molecule has 1 saturated heterocycles. The number of rotatable bonds is 7. The molecule has 0 aliphatic carbocycles. The molecule has 0 radical (unpaired) electrons. The molecular weight excluding hydrogens is 288 g/mol. The second kappa shape index (κ2) is 8.89. The summed E-state index contributed by atoms with van der Waals surface area (Å²) in [4.78, 5) is 24.7. The lowest BCUT2D eigenvalue weighted by molar-refractivity contribution is 0.106. The zero-order chi connectivity index (χ0) is 16.5. The predicted octanol–water partition coefficient (Wildman–Crippen LogP) is 1.21. The molecule has 0 spiro atoms. The molecule has 0 saturated carbocycles. The average molecular weight is 310 g/mol. The summed E-state index contributed by atoms with van der Waals surface area (Å²) in [5.74, 6) is 0. The molecule has 122 valence electrons. The van der Waals surface area contributed by atoms with Crippen molar-refractivity contribution in [3.05, 3.63) is 37.5 Å². The van der Waals surface area contributed by atoms with Gasteiger partial charge < -0.3 is 19.9 Å². The minimum Gasteiger partial charge on any atom is -0.445 e. The van der Waals surface area contributed by atoms with E-state index in [1.807, 2.05) is 0 Å². The third-order valence-corrected chi connectivity index (χ3v) is 3.10. The van der Waals surface area contributed by atoms with Crippen molar-refractivity contribution < 1.29 is 24.2 Å². The summed E-state index contributed by atoms with van der Waals surface area (Å²) in [6.07, 6.45) is 1.48. The first kappa shape index (κ1) is 17.8. The fourth-order valence-electron chi connectivity index (χ4n) is 2.10. The maximum atomic E-state index is 11.9. The summed E-state index contributed by atoms with van der Waals surface area (Å²) in [6.45, 7) is 11.3. The van der Waals surface area contributed by atoms with Gasteiger partial charge in [-0.2, -0.15) is 0 Å². The van der Waals surface area contributed by atoms with Crippen LogP contribution in [0.25, 0.3) is 0 Å². The Kier molecular flexibility index (Phi) is 7.18. The first-order valence-electron chi connectivity index (χ1n) is 6.91. The Morgan fingerprint density at radius 3 is 2.55 bits per heavy atom. The van der Waals surface area contributed by atoms with Crippen LogP contribution in [-0.2, 0) is 9.47 Å². The lowest BCUT2D eigenvalue weighted by Crippen LogP contribution is -2.40. The molecule has 2 amide bonds. The Balaban J connectivity index is 2.53. The number of ether oxygens (including phenoxy) is 2. The molecule has 2 N–H and O–H groups in total. The van der Waals surface area contributed by atoms with Crippen LogP contribution in [0.4, 0.5) is 9.59 Å². The van der Waals surface area contributed by atoms with Crippen LogP contribution in [0.1, 0.15) is 6.42 Å². The number of alkyl carbamates (subject to hydrolysis) is 1. The zero-order valence-electron chi connectivity index (χ0n) is 12.5. The number of aliphatic hydroxyl groups excluding tert-OH is 1. The Morgan fingerprint density at radius 1 is 1.27 bits per heavy atom. The van der Waals surface area contributed by atoms with Gasteiger partial charge in [-0.15, -0.1) is 0 Å². The van der Waals surface area contributed by atoms with Gasteiger partial charge in [-0.25, -0.2) is 9.59 Å². The lowest BCUT2D eigenvalue weighted by atomic mass is 10.1. The van der Waals surface area contributed by atoms with Crippen LogP contribution in [0.3, 0.4) is 0 Å². The van der Waals surface area contributed by atoms with E-state index in [0.717, 1.165) is 0 Å². The Bertz CT molecular complexity index is 449. The summed E-state index contributed by atoms with van der Waals surface area (Å²) in [5.41, 5.74) is 0.586. The van der Waals surface area contributed by atoms with Crippen LogP contribution in [0, 0.1) is 0 Å². The summed E-state index contributed by atoms with van der Waals surface area (Å²) in [6, 6.07) is -0.396. The zero-order valence-corrected chi connectivity index (χ0v) is 12.5. The number of amides is 2. The maximum Gasteiger partial charge on any atom is 0.410 e. The molecule has 0 bridgehead atoms. The third kappa shape index (κ3) is 5.25. The van der Waals surface area contributed by atoms with E-state index >= 15 is 0 Å². The monoisotopic (exact) mass is 310 g/mol. The summed E-state index contributed by atoms with van der Waals surface area (Å²) < 4.78 is 9.75. The van der Waals surface area contributed by atoms with E-state index in [-0.39, 0.29) is 26.3 Å². The van der Waals surface area contributed by atoms with Crippen LogP contribution >= 0.6 is 0 Å². The van der Waals surface area contributed by atoms with Crippen molar-refractivity contribution in [1.29, 1.82) is 0 Å². The predicted molar refractivity (Wildman–Crippen MR) is 81.4 cm³/mol. The second-order valence-corrected chi connectivity index (χ2v) is 4.82. The highest BCUT2D eigenvalue weighted by molar-refractivity contribution is 5.70. The number of carbonyl (C=O) groups is 2. The fourth-order valence-corrected chi connectivity index (χ4v) is 2.10. The molecule has 1 aliphatic rings. The van der Waals surface area contributed by atoms with E-state index in [9.17, 15) is 14.7 Å². The van der Waals surface area contributed by atoms with Gasteiger partial charge in [-0.1, -0.05) is 31.9 Å². The highest BCUT2D eigenvalue weighted by atomic mass is 16.6. The molecule has 0 aromatic rings. The third-order valence-electron chi connectivity index (χ3n) is 3.10. The van der Waals surface area contributed by atoms with Crippen molar-refractivity contribution in [2.24, 2.45) is 0 Å². The molecule has 22 heavy (non-hydrogen) atoms. The summed E-state index contributed by atoms with van der Waals surface area (Å²) in [5, 5.41) is 12.3. The van der Waals surface area contributed by atoms with Gasteiger partial charge in [0.1, 0.15) is 13.2 Å². The molecule has 7 heteroatoms. The second-order valence-electron chi connectivity index (χ2n) is 4.82. The molecule has 1 rings (SSSR count). The van der Waals surface area contributed by atoms with Crippen LogP contribution < -0.4 is 5.32 Å². The molecule has 1 aliphatic heterocycles. The number of nitrogens with one attached hydrogen (secondary N) is 1. The molecule has 0 aromatic heterocycles. The first-order valence-corrected chi connectivity index (χ1v) is 6.91. The minimum absolute atomic E-state index is 0.0940. The molecule has 1 heterocycles. The highest BCUT2D eigenvalue weighted by Gasteiger charge is 2.36. The number of hydrogen-bond donors (Lipinski definition) is 2. The van der Waals surface area contributed by atoms with E-state index in [2.05, 4.69) is 25.1 Å². The number of aliphatic hydroxyl groups is 1. The van der Waals surface area contributed by atoms with E-state index in [1.54, 1.807) is 0 Å². The quantitative estimate of drug-likeness (QED) is 0.690. The van der Waals surface area contributed by atoms with Crippen LogP contribution in [-0.4, -0.2) is 60.6 Å². The summed E-state index contributed by atoms with van der Waals surface area (Å²) in [7, 11) is 0. The number of carbonyl (C=O) groups excluding carboxylic acids is 2. The standard InChI is InChI=1S/C15H22N2O5/c1-4-6-21-14(19)16-9-11(3)13-8-12(18)10-17(13)15(20)22-7-5-2/h4-5,12-13,18H,1-3,6-10H2,(H,16,19)/t12-,13+/m1/s1. The number of likely N-dealkylation sites (tertiary alicyclic amines) is 1. The van der Waals surface area contributed by atoms with Crippen LogP contribution in [0.2, 0.25) is 0 Å². The largest absolute Gasteiger partial charge is 0.445 e. The Labute approximate surface area is 129 Å². The van der Waals surface area contributed by atoms with Gasteiger partial charge in [-0.3, -0.25) is 4.90 Å². The van der Waals surface area contributed by atoms with Gasteiger partial charge in [0.25, 0.3) is 0 Å². The average Bonchev–Trinajstić information content (AvgIpc) is 2.90. The van der Waals surface area contributed by atoms with Gasteiger partial charge in [0, 0.05) is 6.54 Å². The number of β-amino-alcohol motifs (C(OH)–C–C–N with tert-alkyl or cyclic N) is 1. The van der Waals surface area contributed by atoms with Crippen LogP contribution in [0.5, 0.6) is 0 Å². The van der Waals surface area contributed by atoms with Crippen molar-refractivity contribution in [2.75, 3.05) is 26.3 Å². The smallest absolute Gasteiger partial charge is 0.410 e. The van der Waals surface area contributed by atoms with Gasteiger partial charge >= 0.3 is 12.2 Å². The van der Waals surface area contributed by atoms with Gasteiger partial charge in [0.05, 0.1) is 18.7 Å². The molecule has 2 atom stereocenters. The summed E-state index contributed by atoms with van der Waals surface area (Å²) >= 11 is 0. The van der Waals surface area contributed by atoms with Crippen molar-refractivity contribution in [3.63, 3.8) is 0 Å². The highest BCUT2D eigenvalue weighted by Crippen LogP contribution is 2.23. The lowest BCUT2D eigenvalue weighted by Gasteiger charge is -2.25. The Morgan fingerprint density at radius 2 is 1.91 bits per heavy atom. The van der Waals surface area contributed by atoms with E-state index in [1.165, 1.54) is 17.1 Å². The molecular formula is C15H22N2O5. The molecule has 0 unspecified atom stereocenters. The minimum atomic E-state index is -0.647. The van der Waals surface area contributed by atoms with Gasteiger partial charge in [0.15, 0.2) is 0 Å². The van der Waals surface area contributed by atoms with Crippen LogP contribution in [0.15, 0.2) is 37.5 Å². The van der Waals surface area contributed by atoms with Gasteiger partial charge in [0.2, 0.25) is 0 Å². The molecule has 1 fully saturated rings. The van der Waals surface area contributed by atoms with Crippen molar-refractivity contribution >= 4 is 12.2 Å². The van der Waals surface area contributed by atoms with E-state index < -0.39 is 24.3 Å². The van der Waals surface area contributed by atoms with E-state index in [0.29, 0.717) is 12.0 Å². The molecule has 7 nitrogen and oxygen atoms in total. The van der Waals surface area contributed by atoms with Gasteiger partial charge in [-0.05, 0) is 12.0 Å². The Hall–Kier alpha value is -2.28. The van der Waals surface area contributed by atoms with Crippen molar-refractivity contribution in [2.45, 2.75) is 18.6 Å². The number of nitrogens with zero attached hydrogens (tertiary/aromatic N) is 1. The van der Waals surface area contributed by atoms with Crippen molar-refractivity contribution in [1.82, 2.24) is 10.2 Å². The van der Waals surface area contributed by atoms with E-state index in [4.69, 9.17) is 9.47 Å². The van der Waals surface area contributed by atoms with Crippen molar-refractivity contribution in [3.8, 4) is 0 Å². The normalized spacial score (nSPS) is 20.1. The molecule has 0 aromatic carbocycles. The topological polar surface area (TPSA) is 88.1 Å². The number of hydrogen-bond acceptors (Lipinski definition) is 5. The SMILES string of the molecule is C=CCOC(=O)NCC(=C)[C@@H]1C[C@@H](O)CN1C(=O)OCC=C. The first-order chi connectivity index (χ1) is 10.5. The maximum absolute atomic E-state index is 11.9. The fraction of sp³-hybridized carbons (Fsp3) is 0.467.